The van der Waals surface area contributed by atoms with Gasteiger partial charge in [0.05, 0.1) is 37.3 Å². The van der Waals surface area contributed by atoms with Crippen molar-refractivity contribution in [2.45, 2.75) is 57.7 Å². The smallest absolute Gasteiger partial charge is 0.414 e. The fourth-order valence-electron chi connectivity index (χ4n) is 4.29. The van der Waals surface area contributed by atoms with Gasteiger partial charge in [-0.3, -0.25) is 15.2 Å². The van der Waals surface area contributed by atoms with E-state index in [2.05, 4.69) is 49.7 Å². The molecule has 0 spiro atoms. The van der Waals surface area contributed by atoms with Gasteiger partial charge >= 0.3 is 6.09 Å². The summed E-state index contributed by atoms with van der Waals surface area (Å²) < 4.78 is 43.6. The van der Waals surface area contributed by atoms with Gasteiger partial charge in [0.1, 0.15) is 23.8 Å². The van der Waals surface area contributed by atoms with Crippen molar-refractivity contribution in [3.63, 3.8) is 0 Å². The lowest BCUT2D eigenvalue weighted by molar-refractivity contribution is 0.0203. The lowest BCUT2D eigenvalue weighted by atomic mass is 10.0. The number of ether oxygens (including phenoxy) is 1. The molecule has 0 aliphatic carbocycles. The Morgan fingerprint density at radius 1 is 1.12 bits per heavy atom. The van der Waals surface area contributed by atoms with Crippen LogP contribution in [-0.2, 0) is 20.5 Å². The van der Waals surface area contributed by atoms with Gasteiger partial charge in [0.2, 0.25) is 0 Å². The van der Waals surface area contributed by atoms with E-state index < -0.39 is 32.1 Å². The van der Waals surface area contributed by atoms with Crippen molar-refractivity contribution >= 4 is 25.8 Å². The number of hydrogen-bond acceptors (Lipinski definition) is 7. The van der Waals surface area contributed by atoms with Crippen LogP contribution in [-0.4, -0.2) is 54.8 Å². The van der Waals surface area contributed by atoms with Crippen molar-refractivity contribution < 1.29 is 27.6 Å². The van der Waals surface area contributed by atoms with Crippen LogP contribution in [0.15, 0.2) is 54.9 Å². The highest BCUT2D eigenvalue weighted by Crippen LogP contribution is 2.37. The van der Waals surface area contributed by atoms with Gasteiger partial charge in [0.25, 0.3) is 0 Å². The van der Waals surface area contributed by atoms with Gasteiger partial charge in [-0.1, -0.05) is 38.1 Å². The molecule has 1 unspecified atom stereocenters. The first-order valence-corrected chi connectivity index (χ1v) is 16.0. The van der Waals surface area contributed by atoms with E-state index in [4.69, 9.17) is 14.0 Å². The first-order valence-electron chi connectivity index (χ1n) is 13.1. The summed E-state index contributed by atoms with van der Waals surface area (Å²) in [7, 11) is -1.93. The molecule has 1 amide bonds. The van der Waals surface area contributed by atoms with Crippen LogP contribution >= 0.6 is 0 Å². The highest BCUT2D eigenvalue weighted by molar-refractivity contribution is 6.74. The molecule has 40 heavy (non-hydrogen) atoms. The van der Waals surface area contributed by atoms with E-state index in [0.29, 0.717) is 30.1 Å². The number of cyclic esters (lactones) is 1. The zero-order chi connectivity index (χ0) is 28.7. The molecule has 0 radical (unpaired) electrons. The molecule has 212 valence electrons. The number of hydroxylamine groups is 1. The van der Waals surface area contributed by atoms with Gasteiger partial charge in [-0.05, 0) is 48.5 Å². The van der Waals surface area contributed by atoms with Crippen LogP contribution < -0.4 is 10.4 Å². The lowest BCUT2D eigenvalue weighted by Gasteiger charge is -2.36. The molecule has 1 aromatic heterocycles. The number of rotatable bonds is 8. The minimum Gasteiger partial charge on any atom is -0.442 e. The van der Waals surface area contributed by atoms with Crippen molar-refractivity contribution in [1.29, 1.82) is 0 Å². The fraction of sp³-hybridized carbons (Fsp3) is 0.393. The number of nitrogens with one attached hydrogen (secondary N) is 1. The van der Waals surface area contributed by atoms with Gasteiger partial charge in [0, 0.05) is 22.9 Å². The minimum absolute atomic E-state index is 0.0802. The number of carbonyl (C=O) groups is 1. The molecule has 12 heteroatoms. The molecule has 1 saturated heterocycles. The van der Waals surface area contributed by atoms with Crippen LogP contribution in [0.3, 0.4) is 0 Å². The molecule has 2 aliphatic rings. The molecular weight excluding hydrogens is 536 g/mol. The van der Waals surface area contributed by atoms with Gasteiger partial charge in [-0.25, -0.2) is 18.3 Å². The number of amides is 1. The van der Waals surface area contributed by atoms with E-state index in [-0.39, 0.29) is 28.8 Å². The van der Waals surface area contributed by atoms with Crippen LogP contribution in [0, 0.1) is 11.6 Å². The third-order valence-electron chi connectivity index (χ3n) is 7.66. The molecule has 3 aromatic rings. The maximum absolute atomic E-state index is 15.2. The quantitative estimate of drug-likeness (QED) is 0.358. The predicted octanol–water partition coefficient (Wildman–Crippen LogP) is 5.51. The highest BCUT2D eigenvalue weighted by atomic mass is 28.4. The summed E-state index contributed by atoms with van der Waals surface area (Å²) in [6.45, 7) is 11.8. The Hall–Kier alpha value is -3.61. The second-order valence-electron chi connectivity index (χ2n) is 11.5. The van der Waals surface area contributed by atoms with Crippen molar-refractivity contribution in [3.05, 3.63) is 72.1 Å². The Balaban J connectivity index is 1.26. The van der Waals surface area contributed by atoms with Gasteiger partial charge in [-0.15, -0.1) is 5.10 Å². The van der Waals surface area contributed by atoms with E-state index in [1.54, 1.807) is 23.0 Å². The molecule has 0 bridgehead atoms. The average molecular weight is 570 g/mol. The zero-order valence-electron chi connectivity index (χ0n) is 23.1. The van der Waals surface area contributed by atoms with Crippen LogP contribution in [0.4, 0.5) is 19.3 Å². The van der Waals surface area contributed by atoms with Crippen LogP contribution in [0.5, 0.6) is 0 Å². The normalized spacial score (nSPS) is 19.5. The van der Waals surface area contributed by atoms with Crippen molar-refractivity contribution in [2.75, 3.05) is 18.1 Å². The molecule has 2 aromatic carbocycles. The summed E-state index contributed by atoms with van der Waals surface area (Å²) in [5.41, 5.74) is 4.58. The minimum atomic E-state index is -1.93. The first kappa shape index (κ1) is 27.9. The Labute approximate surface area is 232 Å². The van der Waals surface area contributed by atoms with E-state index in [1.807, 2.05) is 6.08 Å². The monoisotopic (exact) mass is 569 g/mol. The Morgan fingerprint density at radius 2 is 1.85 bits per heavy atom. The molecule has 3 heterocycles. The van der Waals surface area contributed by atoms with E-state index in [1.165, 1.54) is 35.4 Å². The molecule has 9 nitrogen and oxygen atoms in total. The number of carbonyl (C=O) groups excluding carboxylic acids is 1. The molecule has 1 N–H and O–H groups in total. The Morgan fingerprint density at radius 3 is 2.50 bits per heavy atom. The molecule has 1 fully saturated rings. The van der Waals surface area contributed by atoms with Gasteiger partial charge in [0.15, 0.2) is 8.32 Å². The average Bonchev–Trinajstić information content (AvgIpc) is 3.64. The summed E-state index contributed by atoms with van der Waals surface area (Å²) in [5.74, 6) is -1.23. The number of benzene rings is 2. The number of halogens is 2. The summed E-state index contributed by atoms with van der Waals surface area (Å²) in [6.07, 6.45) is 3.72. The first-order chi connectivity index (χ1) is 18.9. The van der Waals surface area contributed by atoms with Crippen LogP contribution in [0.2, 0.25) is 18.1 Å². The summed E-state index contributed by atoms with van der Waals surface area (Å²) in [4.78, 5) is 19.4. The third-order valence-corrected chi connectivity index (χ3v) is 12.2. The number of nitrogens with zero attached hydrogens (tertiary/aromatic N) is 4. The van der Waals surface area contributed by atoms with Crippen LogP contribution in [0.1, 0.15) is 26.3 Å². The molecule has 2 atom stereocenters. The van der Waals surface area contributed by atoms with E-state index in [9.17, 15) is 4.79 Å². The predicted molar refractivity (Wildman–Crippen MR) is 149 cm³/mol. The largest absolute Gasteiger partial charge is 0.442 e. The molecule has 0 saturated carbocycles. The Bertz CT molecular complexity index is 1420. The topological polar surface area (TPSA) is 90.7 Å². The van der Waals surface area contributed by atoms with Gasteiger partial charge in [-0.2, -0.15) is 0 Å². The van der Waals surface area contributed by atoms with Gasteiger partial charge < -0.3 is 9.16 Å². The molecular formula is C28H33F2N5O4Si. The van der Waals surface area contributed by atoms with Crippen molar-refractivity contribution in [2.24, 2.45) is 0 Å². The van der Waals surface area contributed by atoms with Crippen molar-refractivity contribution in [1.82, 2.24) is 20.5 Å². The zero-order valence-corrected chi connectivity index (χ0v) is 24.1. The second-order valence-corrected chi connectivity index (χ2v) is 16.3. The van der Waals surface area contributed by atoms with E-state index >= 15 is 8.78 Å². The lowest BCUT2D eigenvalue weighted by Crippen LogP contribution is -2.42. The summed E-state index contributed by atoms with van der Waals surface area (Å²) >= 11 is 0. The number of anilines is 1. The maximum Gasteiger partial charge on any atom is 0.414 e. The molecule has 5 rings (SSSR count). The summed E-state index contributed by atoms with van der Waals surface area (Å²) in [5, 5.41) is 7.69. The third kappa shape index (κ3) is 5.79. The Kier molecular flexibility index (Phi) is 7.51. The van der Waals surface area contributed by atoms with Crippen molar-refractivity contribution in [3.8, 4) is 11.1 Å². The standard InChI is InChI=1S/C28H33F2N5O4Si/c1-28(2,3)40(4,5)37-17-20-14-26(32-39-20)18-6-8-22(24(29)12-18)23-9-7-19(13-25(23)30)35-16-21(38-27(35)36)15-34-11-10-31-33-34/h6-14,20-21,32H,15-17H2,1-5H3/t20?,21-/m0/s1. The van der Waals surface area contributed by atoms with Crippen LogP contribution in [0.25, 0.3) is 16.8 Å². The SMILES string of the molecule is CC(C)(C)[Si](C)(C)OCC1C=C(c2ccc(-c3ccc(N4C[C@H](Cn5ccnn5)OC4=O)cc3F)c(F)c2)NO1. The fourth-order valence-corrected chi connectivity index (χ4v) is 5.31. The number of hydrogen-bond donors (Lipinski definition) is 1. The maximum atomic E-state index is 15.2. The van der Waals surface area contributed by atoms with E-state index in [0.717, 1.165) is 0 Å². The molecule has 2 aliphatic heterocycles. The second kappa shape index (κ2) is 10.8. The highest BCUT2D eigenvalue weighted by Gasteiger charge is 2.38. The number of aromatic nitrogens is 3. The summed E-state index contributed by atoms with van der Waals surface area (Å²) in [6, 6.07) is 8.83.